The Labute approximate surface area is 150 Å². The van der Waals surface area contributed by atoms with Gasteiger partial charge in [-0.2, -0.15) is 0 Å². The summed E-state index contributed by atoms with van der Waals surface area (Å²) in [5.74, 6) is 0.911. The summed E-state index contributed by atoms with van der Waals surface area (Å²) in [5.41, 5.74) is 0.700. The molecular weight excluding hydrogens is 316 g/mol. The lowest BCUT2D eigenvalue weighted by Gasteiger charge is -2.33. The number of nitrogens with zero attached hydrogens (tertiary/aromatic N) is 2. The van der Waals surface area contributed by atoms with Gasteiger partial charge in [-0.3, -0.25) is 9.59 Å². The van der Waals surface area contributed by atoms with Crippen LogP contribution in [-0.2, 0) is 9.59 Å². The molecule has 1 fully saturated rings. The van der Waals surface area contributed by atoms with Crippen LogP contribution in [-0.4, -0.2) is 35.9 Å². The van der Waals surface area contributed by atoms with Crippen LogP contribution in [0.1, 0.15) is 47.0 Å². The summed E-state index contributed by atoms with van der Waals surface area (Å²) in [5, 5.41) is 5.92. The molecule has 1 saturated heterocycles. The number of carbonyl (C=O) groups excluding carboxylic acids is 2. The zero-order valence-electron chi connectivity index (χ0n) is 15.7. The van der Waals surface area contributed by atoms with Crippen LogP contribution >= 0.6 is 0 Å². The fraction of sp³-hybridized carbons (Fsp3) is 0.632. The molecule has 2 N–H and O–H groups in total. The highest BCUT2D eigenvalue weighted by Gasteiger charge is 2.27. The highest BCUT2D eigenvalue weighted by Crippen LogP contribution is 2.23. The number of hydrogen-bond acceptors (Lipinski definition) is 4. The lowest BCUT2D eigenvalue weighted by atomic mass is 9.96. The van der Waals surface area contributed by atoms with E-state index in [-0.39, 0.29) is 29.7 Å². The molecule has 25 heavy (non-hydrogen) atoms. The topological polar surface area (TPSA) is 74.3 Å². The Hall–Kier alpha value is -2.11. The van der Waals surface area contributed by atoms with E-state index in [2.05, 4.69) is 27.4 Å². The van der Waals surface area contributed by atoms with E-state index in [1.54, 1.807) is 6.20 Å². The molecule has 6 nitrogen and oxygen atoms in total. The Morgan fingerprint density at radius 2 is 2.08 bits per heavy atom. The monoisotopic (exact) mass is 346 g/mol. The number of rotatable bonds is 6. The number of anilines is 2. The van der Waals surface area contributed by atoms with Crippen molar-refractivity contribution in [1.29, 1.82) is 0 Å². The molecule has 2 rings (SSSR count). The zero-order chi connectivity index (χ0) is 18.4. The van der Waals surface area contributed by atoms with Gasteiger partial charge < -0.3 is 15.5 Å². The fourth-order valence-corrected chi connectivity index (χ4v) is 2.80. The number of nitrogens with one attached hydrogen (secondary N) is 2. The number of pyridine rings is 1. The molecule has 2 heterocycles. The van der Waals surface area contributed by atoms with E-state index >= 15 is 0 Å². The molecule has 0 bridgehead atoms. The Morgan fingerprint density at radius 1 is 1.32 bits per heavy atom. The maximum atomic E-state index is 12.4. The zero-order valence-corrected chi connectivity index (χ0v) is 15.7. The van der Waals surface area contributed by atoms with Crippen LogP contribution in [0, 0.1) is 11.8 Å². The van der Waals surface area contributed by atoms with Crippen molar-refractivity contribution in [2.45, 2.75) is 53.0 Å². The summed E-state index contributed by atoms with van der Waals surface area (Å²) < 4.78 is 0. The van der Waals surface area contributed by atoms with Crippen molar-refractivity contribution in [3.8, 4) is 0 Å². The van der Waals surface area contributed by atoms with Crippen LogP contribution in [0.2, 0.25) is 0 Å². The summed E-state index contributed by atoms with van der Waals surface area (Å²) in [6, 6.07) is 3.99. The number of amides is 2. The minimum atomic E-state index is -0.0634. The predicted octanol–water partition coefficient (Wildman–Crippen LogP) is 2.81. The Morgan fingerprint density at radius 3 is 2.68 bits per heavy atom. The smallest absolute Gasteiger partial charge is 0.226 e. The third-order valence-corrected chi connectivity index (χ3v) is 4.66. The van der Waals surface area contributed by atoms with Crippen LogP contribution in [0.15, 0.2) is 18.3 Å². The second-order valence-corrected chi connectivity index (χ2v) is 7.15. The average Bonchev–Trinajstić information content (AvgIpc) is 2.62. The van der Waals surface area contributed by atoms with E-state index in [1.807, 2.05) is 32.9 Å². The summed E-state index contributed by atoms with van der Waals surface area (Å²) in [4.78, 5) is 30.7. The molecule has 0 spiro atoms. The standard InChI is InChI=1S/C19H30N4O2/c1-5-14(4)21-19(25)15-7-6-10-23(12-15)17-9-8-16(11-20-17)22-18(24)13(2)3/h8-9,11,13-15H,5-7,10,12H2,1-4H3,(H,21,25)(H,22,24). The van der Waals surface area contributed by atoms with Crippen molar-refractivity contribution in [3.63, 3.8) is 0 Å². The molecule has 0 aromatic carbocycles. The number of aromatic nitrogens is 1. The fourth-order valence-electron chi connectivity index (χ4n) is 2.80. The lowest BCUT2D eigenvalue weighted by Crippen LogP contribution is -2.45. The first-order chi connectivity index (χ1) is 11.9. The minimum absolute atomic E-state index is 0.00451. The predicted molar refractivity (Wildman–Crippen MR) is 101 cm³/mol. The van der Waals surface area contributed by atoms with Crippen LogP contribution in [0.25, 0.3) is 0 Å². The maximum Gasteiger partial charge on any atom is 0.226 e. The van der Waals surface area contributed by atoms with E-state index in [0.717, 1.165) is 31.6 Å². The normalized spacial score (nSPS) is 18.8. The van der Waals surface area contributed by atoms with Crippen molar-refractivity contribution in [1.82, 2.24) is 10.3 Å². The third kappa shape index (κ3) is 5.44. The molecule has 1 aromatic rings. The van der Waals surface area contributed by atoms with Crippen molar-refractivity contribution >= 4 is 23.3 Å². The Balaban J connectivity index is 1.96. The first-order valence-corrected chi connectivity index (χ1v) is 9.23. The summed E-state index contributed by atoms with van der Waals surface area (Å²) in [6.07, 6.45) is 4.51. The molecule has 0 aliphatic carbocycles. The molecule has 0 saturated carbocycles. The Bertz CT molecular complexity index is 586. The Kier molecular flexibility index (Phi) is 6.79. The van der Waals surface area contributed by atoms with E-state index < -0.39 is 0 Å². The summed E-state index contributed by atoms with van der Waals surface area (Å²) >= 11 is 0. The van der Waals surface area contributed by atoms with Gasteiger partial charge in [-0.1, -0.05) is 20.8 Å². The first kappa shape index (κ1) is 19.2. The molecule has 1 aliphatic heterocycles. The number of carbonyl (C=O) groups is 2. The maximum absolute atomic E-state index is 12.4. The third-order valence-electron chi connectivity index (χ3n) is 4.66. The highest BCUT2D eigenvalue weighted by molar-refractivity contribution is 5.91. The largest absolute Gasteiger partial charge is 0.356 e. The van der Waals surface area contributed by atoms with E-state index in [9.17, 15) is 9.59 Å². The highest BCUT2D eigenvalue weighted by atomic mass is 16.2. The van der Waals surface area contributed by atoms with Gasteiger partial charge >= 0.3 is 0 Å². The van der Waals surface area contributed by atoms with Crippen molar-refractivity contribution in [2.75, 3.05) is 23.3 Å². The molecule has 2 unspecified atom stereocenters. The van der Waals surface area contributed by atoms with E-state index in [0.29, 0.717) is 12.2 Å². The molecule has 138 valence electrons. The van der Waals surface area contributed by atoms with Gasteiger partial charge in [0.2, 0.25) is 11.8 Å². The van der Waals surface area contributed by atoms with Crippen LogP contribution in [0.4, 0.5) is 11.5 Å². The van der Waals surface area contributed by atoms with Gasteiger partial charge in [-0.15, -0.1) is 0 Å². The number of piperidine rings is 1. The molecule has 2 atom stereocenters. The quantitative estimate of drug-likeness (QED) is 0.831. The van der Waals surface area contributed by atoms with Gasteiger partial charge in [-0.25, -0.2) is 4.98 Å². The van der Waals surface area contributed by atoms with Crippen molar-refractivity contribution < 1.29 is 9.59 Å². The second kappa shape index (κ2) is 8.83. The van der Waals surface area contributed by atoms with E-state index in [4.69, 9.17) is 0 Å². The van der Waals surface area contributed by atoms with Gasteiger partial charge in [0.05, 0.1) is 17.8 Å². The van der Waals surface area contributed by atoms with Gasteiger partial charge in [0.15, 0.2) is 0 Å². The minimum Gasteiger partial charge on any atom is -0.356 e. The molecule has 6 heteroatoms. The average molecular weight is 346 g/mol. The van der Waals surface area contributed by atoms with Gasteiger partial charge in [0, 0.05) is 25.0 Å². The second-order valence-electron chi connectivity index (χ2n) is 7.15. The van der Waals surface area contributed by atoms with Crippen molar-refractivity contribution in [3.05, 3.63) is 18.3 Å². The van der Waals surface area contributed by atoms with Gasteiger partial charge in [0.25, 0.3) is 0 Å². The van der Waals surface area contributed by atoms with Crippen molar-refractivity contribution in [2.24, 2.45) is 11.8 Å². The SMILES string of the molecule is CCC(C)NC(=O)C1CCCN(c2ccc(NC(=O)C(C)C)cn2)C1. The molecule has 2 amide bonds. The van der Waals surface area contributed by atoms with Crippen LogP contribution in [0.3, 0.4) is 0 Å². The van der Waals surface area contributed by atoms with Crippen LogP contribution < -0.4 is 15.5 Å². The lowest BCUT2D eigenvalue weighted by molar-refractivity contribution is -0.126. The van der Waals surface area contributed by atoms with Gasteiger partial charge in [-0.05, 0) is 38.3 Å². The first-order valence-electron chi connectivity index (χ1n) is 9.23. The summed E-state index contributed by atoms with van der Waals surface area (Å²) in [7, 11) is 0. The molecule has 1 aromatic heterocycles. The summed E-state index contributed by atoms with van der Waals surface area (Å²) in [6.45, 7) is 9.40. The molecular formula is C19H30N4O2. The number of hydrogen-bond donors (Lipinski definition) is 2. The molecule has 0 radical (unpaired) electrons. The molecule has 1 aliphatic rings. The van der Waals surface area contributed by atoms with E-state index in [1.165, 1.54) is 0 Å². The van der Waals surface area contributed by atoms with Gasteiger partial charge in [0.1, 0.15) is 5.82 Å². The van der Waals surface area contributed by atoms with Crippen LogP contribution in [0.5, 0.6) is 0 Å².